The highest BCUT2D eigenvalue weighted by Crippen LogP contribution is 2.27. The van der Waals surface area contributed by atoms with Crippen LogP contribution >= 0.6 is 34.2 Å². The third kappa shape index (κ3) is 3.00. The van der Waals surface area contributed by atoms with Crippen LogP contribution < -0.4 is 0 Å². The molecular weight excluding hydrogens is 354 g/mol. The first-order chi connectivity index (χ1) is 7.47. The molecule has 88 valence electrons. The zero-order valence-corrected chi connectivity index (χ0v) is 11.1. The Morgan fingerprint density at radius 2 is 2.31 bits per heavy atom. The van der Waals surface area contributed by atoms with Crippen LogP contribution in [-0.2, 0) is 4.74 Å². The number of aromatic nitrogens is 1. The van der Waals surface area contributed by atoms with Gasteiger partial charge in [-0.25, -0.2) is 18.6 Å². The van der Waals surface area contributed by atoms with Crippen LogP contribution in [0.15, 0.2) is 6.07 Å². The summed E-state index contributed by atoms with van der Waals surface area (Å²) in [4.78, 5) is 14.9. The highest BCUT2D eigenvalue weighted by atomic mass is 127. The van der Waals surface area contributed by atoms with Crippen molar-refractivity contribution in [3.8, 4) is 0 Å². The predicted molar refractivity (Wildman–Crippen MR) is 62.9 cm³/mol. The monoisotopic (exact) mass is 361 g/mol. The van der Waals surface area contributed by atoms with Crippen LogP contribution in [0.25, 0.3) is 0 Å². The van der Waals surface area contributed by atoms with Gasteiger partial charge in [-0.2, -0.15) is 0 Å². The second kappa shape index (κ2) is 5.72. The Labute approximate surface area is 109 Å². The molecule has 16 heavy (non-hydrogen) atoms. The summed E-state index contributed by atoms with van der Waals surface area (Å²) in [5, 5.41) is 0.00671. The van der Waals surface area contributed by atoms with E-state index < -0.39 is 18.1 Å². The molecule has 0 aliphatic heterocycles. The Morgan fingerprint density at radius 1 is 1.69 bits per heavy atom. The maximum atomic E-state index is 12.5. The van der Waals surface area contributed by atoms with Crippen molar-refractivity contribution < 1.29 is 18.3 Å². The summed E-state index contributed by atoms with van der Waals surface area (Å²) in [5.41, 5.74) is -0.743. The third-order valence-electron chi connectivity index (χ3n) is 1.63. The molecular formula is C9H7ClF2INO2. The Balaban J connectivity index is 3.19. The second-order valence-electron chi connectivity index (χ2n) is 2.71. The van der Waals surface area contributed by atoms with E-state index in [1.165, 1.54) is 6.07 Å². The topological polar surface area (TPSA) is 39.2 Å². The van der Waals surface area contributed by atoms with E-state index in [2.05, 4.69) is 9.72 Å². The van der Waals surface area contributed by atoms with Gasteiger partial charge >= 0.3 is 5.97 Å². The number of ether oxygens (including phenoxy) is 1. The molecule has 0 bridgehead atoms. The molecule has 0 N–H and O–H groups in total. The second-order valence-corrected chi connectivity index (χ2v) is 4.28. The van der Waals surface area contributed by atoms with E-state index in [0.717, 1.165) is 0 Å². The summed E-state index contributed by atoms with van der Waals surface area (Å²) in [6, 6.07) is 1.27. The average Bonchev–Trinajstić information content (AvgIpc) is 2.17. The predicted octanol–water partition coefficient (Wildman–Crippen LogP) is 3.45. The maximum Gasteiger partial charge on any atom is 0.358 e. The number of alkyl halides is 2. The fraction of sp³-hybridized carbons (Fsp3) is 0.333. The molecule has 0 amide bonds. The van der Waals surface area contributed by atoms with Crippen LogP contribution in [0.5, 0.6) is 0 Å². The highest BCUT2D eigenvalue weighted by Gasteiger charge is 2.21. The van der Waals surface area contributed by atoms with E-state index in [4.69, 9.17) is 11.6 Å². The molecule has 0 atom stereocenters. The van der Waals surface area contributed by atoms with Crippen molar-refractivity contribution in [2.24, 2.45) is 0 Å². The minimum atomic E-state index is -2.75. The Kier molecular flexibility index (Phi) is 4.85. The van der Waals surface area contributed by atoms with Gasteiger partial charge in [0.25, 0.3) is 6.43 Å². The standard InChI is InChI=1S/C9H7ClF2INO2/c1-2-16-9(15)6-4(10)3-5(13)7(14-6)8(11)12/h3,8H,2H2,1H3. The first-order valence-electron chi connectivity index (χ1n) is 4.28. The van der Waals surface area contributed by atoms with E-state index in [1.54, 1.807) is 29.5 Å². The molecule has 0 fully saturated rings. The molecule has 0 saturated heterocycles. The van der Waals surface area contributed by atoms with Crippen LogP contribution in [-0.4, -0.2) is 17.6 Å². The first kappa shape index (κ1) is 13.6. The molecule has 0 saturated carbocycles. The summed E-state index contributed by atoms with van der Waals surface area (Å²) < 4.78 is 29.9. The summed E-state index contributed by atoms with van der Waals surface area (Å²) in [5.74, 6) is -0.800. The lowest BCUT2D eigenvalue weighted by molar-refractivity contribution is 0.0518. The van der Waals surface area contributed by atoms with Gasteiger partial charge in [0.15, 0.2) is 5.69 Å². The molecule has 0 unspecified atom stereocenters. The smallest absolute Gasteiger partial charge is 0.358 e. The fourth-order valence-corrected chi connectivity index (χ4v) is 2.06. The van der Waals surface area contributed by atoms with Gasteiger partial charge < -0.3 is 4.74 Å². The highest BCUT2D eigenvalue weighted by molar-refractivity contribution is 14.1. The zero-order chi connectivity index (χ0) is 12.3. The van der Waals surface area contributed by atoms with Crippen molar-refractivity contribution in [2.45, 2.75) is 13.3 Å². The molecule has 0 aromatic carbocycles. The summed E-state index contributed by atoms with van der Waals surface area (Å²) in [7, 11) is 0. The number of nitrogens with zero attached hydrogens (tertiary/aromatic N) is 1. The van der Waals surface area contributed by atoms with Crippen LogP contribution in [0.3, 0.4) is 0 Å². The van der Waals surface area contributed by atoms with Gasteiger partial charge in [-0.1, -0.05) is 11.6 Å². The number of carbonyl (C=O) groups excluding carboxylic acids is 1. The van der Waals surface area contributed by atoms with Gasteiger partial charge in [0.05, 0.1) is 11.6 Å². The molecule has 1 aromatic rings. The van der Waals surface area contributed by atoms with Gasteiger partial charge in [0.2, 0.25) is 0 Å². The quantitative estimate of drug-likeness (QED) is 0.611. The van der Waals surface area contributed by atoms with E-state index in [1.807, 2.05) is 0 Å². The van der Waals surface area contributed by atoms with Crippen molar-refractivity contribution in [1.82, 2.24) is 4.98 Å². The number of hydrogen-bond donors (Lipinski definition) is 0. The van der Waals surface area contributed by atoms with Crippen LogP contribution in [0.4, 0.5) is 8.78 Å². The largest absolute Gasteiger partial charge is 0.461 e. The van der Waals surface area contributed by atoms with E-state index >= 15 is 0 Å². The number of esters is 1. The van der Waals surface area contributed by atoms with Crippen LogP contribution in [0.2, 0.25) is 5.02 Å². The molecule has 0 radical (unpaired) electrons. The maximum absolute atomic E-state index is 12.5. The van der Waals surface area contributed by atoms with Crippen LogP contribution in [0.1, 0.15) is 29.5 Å². The fourth-order valence-electron chi connectivity index (χ4n) is 0.976. The van der Waals surface area contributed by atoms with Crippen molar-refractivity contribution in [1.29, 1.82) is 0 Å². The molecule has 0 aliphatic carbocycles. The van der Waals surface area contributed by atoms with Crippen molar-refractivity contribution in [2.75, 3.05) is 6.61 Å². The van der Waals surface area contributed by atoms with Gasteiger partial charge in [-0.05, 0) is 35.6 Å². The molecule has 1 heterocycles. The number of rotatable bonds is 3. The average molecular weight is 362 g/mol. The van der Waals surface area contributed by atoms with Gasteiger partial charge in [-0.15, -0.1) is 0 Å². The van der Waals surface area contributed by atoms with Crippen LogP contribution in [0, 0.1) is 3.57 Å². The normalized spacial score (nSPS) is 10.6. The lowest BCUT2D eigenvalue weighted by Gasteiger charge is -2.07. The summed E-state index contributed by atoms with van der Waals surface area (Å²) >= 11 is 7.41. The minimum absolute atomic E-state index is 0.00671. The molecule has 1 aromatic heterocycles. The van der Waals surface area contributed by atoms with Gasteiger partial charge in [0, 0.05) is 3.57 Å². The van der Waals surface area contributed by atoms with E-state index in [-0.39, 0.29) is 20.9 Å². The van der Waals surface area contributed by atoms with Crippen molar-refractivity contribution in [3.05, 3.63) is 26.0 Å². The van der Waals surface area contributed by atoms with E-state index in [9.17, 15) is 13.6 Å². The third-order valence-corrected chi connectivity index (χ3v) is 2.78. The summed E-state index contributed by atoms with van der Waals surface area (Å²) in [6.07, 6.45) is -2.75. The first-order valence-corrected chi connectivity index (χ1v) is 5.74. The molecule has 0 aliphatic rings. The van der Waals surface area contributed by atoms with Crippen molar-refractivity contribution in [3.63, 3.8) is 0 Å². The molecule has 7 heteroatoms. The molecule has 3 nitrogen and oxygen atoms in total. The lowest BCUT2D eigenvalue weighted by atomic mass is 10.3. The van der Waals surface area contributed by atoms with Gasteiger partial charge in [0.1, 0.15) is 5.69 Å². The van der Waals surface area contributed by atoms with Crippen molar-refractivity contribution >= 4 is 40.2 Å². The van der Waals surface area contributed by atoms with E-state index in [0.29, 0.717) is 0 Å². The molecule has 0 spiro atoms. The lowest BCUT2D eigenvalue weighted by Crippen LogP contribution is -2.10. The Hall–Kier alpha value is -0.500. The SMILES string of the molecule is CCOC(=O)c1nc(C(F)F)c(I)cc1Cl. The summed E-state index contributed by atoms with van der Waals surface area (Å²) in [6.45, 7) is 1.74. The van der Waals surface area contributed by atoms with Gasteiger partial charge in [-0.3, -0.25) is 0 Å². The minimum Gasteiger partial charge on any atom is -0.461 e. The Morgan fingerprint density at radius 3 is 2.81 bits per heavy atom. The number of carbonyl (C=O) groups is 1. The Bertz CT molecular complexity index is 415. The number of halogens is 4. The number of hydrogen-bond acceptors (Lipinski definition) is 3. The molecule has 1 rings (SSSR count). The number of pyridine rings is 1. The zero-order valence-electron chi connectivity index (χ0n) is 8.14.